The van der Waals surface area contributed by atoms with Crippen molar-refractivity contribution in [2.75, 3.05) is 12.3 Å². The van der Waals surface area contributed by atoms with Crippen LogP contribution in [0, 0.1) is 10.1 Å². The van der Waals surface area contributed by atoms with Crippen LogP contribution in [0.25, 0.3) is 0 Å². The third kappa shape index (κ3) is 1.83. The topological polar surface area (TPSA) is 81.2 Å². The van der Waals surface area contributed by atoms with Crippen molar-refractivity contribution in [1.29, 1.82) is 0 Å². The van der Waals surface area contributed by atoms with Gasteiger partial charge in [0.05, 0.1) is 4.92 Å². The van der Waals surface area contributed by atoms with Gasteiger partial charge in [-0.3, -0.25) is 10.1 Å². The minimum absolute atomic E-state index is 0.104. The molecule has 0 bridgehead atoms. The normalized spacial score (nSPS) is 19.9. The molecule has 86 valence electrons. The fourth-order valence-electron chi connectivity index (χ4n) is 2.00. The number of halogens is 1. The zero-order chi connectivity index (χ0) is 11.7. The van der Waals surface area contributed by atoms with Crippen LogP contribution in [0.5, 0.6) is 0 Å². The molecule has 5 nitrogen and oxygen atoms in total. The molecule has 1 aromatic carbocycles. The minimum Gasteiger partial charge on any atom is -0.393 e. The van der Waals surface area contributed by atoms with E-state index < -0.39 is 4.92 Å². The summed E-state index contributed by atoms with van der Waals surface area (Å²) in [5, 5.41) is 14.2. The molecule has 2 rings (SSSR count). The molecule has 1 aliphatic heterocycles. The van der Waals surface area contributed by atoms with Gasteiger partial charge >= 0.3 is 5.69 Å². The first kappa shape index (κ1) is 11.2. The first-order valence-corrected chi connectivity index (χ1v) is 5.44. The minimum atomic E-state index is -0.532. The maximum Gasteiger partial charge on any atom is 0.310 e. The monoisotopic (exact) mass is 241 g/mol. The Morgan fingerprint density at radius 1 is 1.56 bits per heavy atom. The largest absolute Gasteiger partial charge is 0.393 e. The lowest BCUT2D eigenvalue weighted by atomic mass is 10.0. The fourth-order valence-corrected chi connectivity index (χ4v) is 2.37. The van der Waals surface area contributed by atoms with Crippen LogP contribution in [0.4, 0.5) is 11.4 Å². The molecule has 1 aliphatic rings. The maximum atomic E-state index is 10.8. The van der Waals surface area contributed by atoms with Crippen molar-refractivity contribution in [3.63, 3.8) is 0 Å². The Morgan fingerprint density at radius 3 is 2.88 bits per heavy atom. The summed E-state index contributed by atoms with van der Waals surface area (Å²) in [4.78, 5) is 10.3. The van der Waals surface area contributed by atoms with E-state index in [2.05, 4.69) is 5.32 Å². The summed E-state index contributed by atoms with van der Waals surface area (Å²) in [5.41, 5.74) is 6.23. The van der Waals surface area contributed by atoms with E-state index >= 15 is 0 Å². The molecule has 16 heavy (non-hydrogen) atoms. The van der Waals surface area contributed by atoms with E-state index in [-0.39, 0.29) is 22.4 Å². The molecular formula is C10H12ClN3O2. The number of benzene rings is 1. The molecule has 1 atom stereocenters. The number of hydrogen-bond donors (Lipinski definition) is 2. The molecule has 3 N–H and O–H groups in total. The third-order valence-electron chi connectivity index (χ3n) is 2.80. The molecule has 0 saturated carbocycles. The SMILES string of the molecule is Nc1ccc([C@H]2CCCN2)c(Cl)c1[N+](=O)[O-]. The summed E-state index contributed by atoms with van der Waals surface area (Å²) in [6.07, 6.45) is 2.00. The van der Waals surface area contributed by atoms with E-state index in [1.54, 1.807) is 12.1 Å². The van der Waals surface area contributed by atoms with Gasteiger partial charge in [0.2, 0.25) is 0 Å². The van der Waals surface area contributed by atoms with Gasteiger partial charge in [-0.2, -0.15) is 0 Å². The first-order valence-electron chi connectivity index (χ1n) is 5.07. The van der Waals surface area contributed by atoms with Crippen LogP contribution in [0.3, 0.4) is 0 Å². The van der Waals surface area contributed by atoms with Gasteiger partial charge in [-0.15, -0.1) is 0 Å². The highest BCUT2D eigenvalue weighted by atomic mass is 35.5. The standard InChI is InChI=1S/C10H12ClN3O2/c11-9-6(8-2-1-5-13-8)3-4-7(12)10(9)14(15)16/h3-4,8,13H,1-2,5,12H2/t8-/m1/s1. The number of nitrogens with one attached hydrogen (secondary N) is 1. The lowest BCUT2D eigenvalue weighted by Crippen LogP contribution is -2.14. The highest BCUT2D eigenvalue weighted by Crippen LogP contribution is 2.38. The molecule has 0 aromatic heterocycles. The summed E-state index contributed by atoms with van der Waals surface area (Å²) in [6, 6.07) is 3.40. The summed E-state index contributed by atoms with van der Waals surface area (Å²) >= 11 is 6.03. The highest BCUT2D eigenvalue weighted by molar-refractivity contribution is 6.34. The van der Waals surface area contributed by atoms with Crippen molar-refractivity contribution in [2.24, 2.45) is 0 Å². The second-order valence-electron chi connectivity index (χ2n) is 3.81. The van der Waals surface area contributed by atoms with Gasteiger partial charge in [0.15, 0.2) is 0 Å². The number of rotatable bonds is 2. The van der Waals surface area contributed by atoms with Gasteiger partial charge in [-0.1, -0.05) is 17.7 Å². The smallest absolute Gasteiger partial charge is 0.310 e. The summed E-state index contributed by atoms with van der Waals surface area (Å²) in [7, 11) is 0. The molecule has 0 radical (unpaired) electrons. The number of nitro benzene ring substituents is 1. The van der Waals surface area contributed by atoms with Gasteiger partial charge in [0.25, 0.3) is 0 Å². The van der Waals surface area contributed by atoms with Crippen LogP contribution < -0.4 is 11.1 Å². The molecule has 0 unspecified atom stereocenters. The lowest BCUT2D eigenvalue weighted by molar-refractivity contribution is -0.383. The predicted octanol–water partition coefficient (Wildman–Crippen LogP) is 2.25. The molecule has 0 aliphatic carbocycles. The average Bonchev–Trinajstić information content (AvgIpc) is 2.70. The van der Waals surface area contributed by atoms with Gasteiger partial charge in [0.1, 0.15) is 10.7 Å². The van der Waals surface area contributed by atoms with Crippen LogP contribution in [-0.4, -0.2) is 11.5 Å². The highest BCUT2D eigenvalue weighted by Gasteiger charge is 2.26. The molecule has 1 fully saturated rings. The Morgan fingerprint density at radius 2 is 2.31 bits per heavy atom. The predicted molar refractivity (Wildman–Crippen MR) is 62.5 cm³/mol. The number of nitrogens with two attached hydrogens (primary N) is 1. The van der Waals surface area contributed by atoms with Crippen LogP contribution >= 0.6 is 11.6 Å². The van der Waals surface area contributed by atoms with Crippen molar-refractivity contribution in [1.82, 2.24) is 5.32 Å². The van der Waals surface area contributed by atoms with Gasteiger partial charge in [-0.05, 0) is 31.0 Å². The zero-order valence-electron chi connectivity index (χ0n) is 8.57. The Bertz CT molecular complexity index is 430. The fraction of sp³-hybridized carbons (Fsp3) is 0.400. The van der Waals surface area contributed by atoms with E-state index in [1.807, 2.05) is 0 Å². The van der Waals surface area contributed by atoms with Crippen LogP contribution in [0.2, 0.25) is 5.02 Å². The lowest BCUT2D eigenvalue weighted by Gasteiger charge is -2.13. The number of nitrogen functional groups attached to an aromatic ring is 1. The number of hydrogen-bond acceptors (Lipinski definition) is 4. The van der Waals surface area contributed by atoms with Crippen LogP contribution in [-0.2, 0) is 0 Å². The van der Waals surface area contributed by atoms with Gasteiger partial charge in [-0.25, -0.2) is 0 Å². The molecule has 1 aromatic rings. The number of anilines is 1. The van der Waals surface area contributed by atoms with Crippen molar-refractivity contribution < 1.29 is 4.92 Å². The van der Waals surface area contributed by atoms with Gasteiger partial charge < -0.3 is 11.1 Å². The molecule has 0 spiro atoms. The molecule has 1 saturated heterocycles. The maximum absolute atomic E-state index is 10.8. The summed E-state index contributed by atoms with van der Waals surface area (Å²) in [5.74, 6) is 0. The first-order chi connectivity index (χ1) is 7.61. The van der Waals surface area contributed by atoms with Gasteiger partial charge in [0, 0.05) is 6.04 Å². The second-order valence-corrected chi connectivity index (χ2v) is 4.19. The third-order valence-corrected chi connectivity index (χ3v) is 3.19. The summed E-state index contributed by atoms with van der Waals surface area (Å²) < 4.78 is 0. The van der Waals surface area contributed by atoms with Crippen LogP contribution in [0.15, 0.2) is 12.1 Å². The number of nitrogens with zero attached hydrogens (tertiary/aromatic N) is 1. The molecule has 6 heteroatoms. The van der Waals surface area contributed by atoms with E-state index in [0.717, 1.165) is 24.9 Å². The summed E-state index contributed by atoms with van der Waals surface area (Å²) in [6.45, 7) is 0.916. The van der Waals surface area contributed by atoms with E-state index in [0.29, 0.717) is 0 Å². The van der Waals surface area contributed by atoms with Crippen molar-refractivity contribution in [3.05, 3.63) is 32.8 Å². The zero-order valence-corrected chi connectivity index (χ0v) is 9.33. The molecular weight excluding hydrogens is 230 g/mol. The van der Waals surface area contributed by atoms with Crippen molar-refractivity contribution >= 4 is 23.0 Å². The molecule has 1 heterocycles. The number of nitro groups is 1. The van der Waals surface area contributed by atoms with E-state index in [1.165, 1.54) is 0 Å². The van der Waals surface area contributed by atoms with Crippen molar-refractivity contribution in [2.45, 2.75) is 18.9 Å². The van der Waals surface area contributed by atoms with E-state index in [9.17, 15) is 10.1 Å². The Balaban J connectivity index is 2.47. The van der Waals surface area contributed by atoms with Crippen LogP contribution in [0.1, 0.15) is 24.4 Å². The second kappa shape index (κ2) is 4.27. The molecule has 0 amide bonds. The van der Waals surface area contributed by atoms with E-state index in [4.69, 9.17) is 17.3 Å². The Labute approximate surface area is 97.7 Å². The Hall–Kier alpha value is -1.33. The van der Waals surface area contributed by atoms with Crippen molar-refractivity contribution in [3.8, 4) is 0 Å². The Kier molecular flexibility index (Phi) is 2.98. The quantitative estimate of drug-likeness (QED) is 0.473. The average molecular weight is 242 g/mol.